The fourth-order valence-corrected chi connectivity index (χ4v) is 8.86. The lowest BCUT2D eigenvalue weighted by molar-refractivity contribution is -0.139. The molecule has 4 aliphatic rings. The van der Waals surface area contributed by atoms with Crippen molar-refractivity contribution in [3.8, 4) is 11.5 Å². The van der Waals surface area contributed by atoms with E-state index in [1.54, 1.807) is 60.7 Å². The Morgan fingerprint density at radius 3 is 2.35 bits per heavy atom. The molecule has 0 spiro atoms. The van der Waals surface area contributed by atoms with E-state index >= 15 is 4.79 Å². The van der Waals surface area contributed by atoms with Gasteiger partial charge in [-0.25, -0.2) is 4.39 Å². The number of imide groups is 2. The average molecular weight is 718 g/mol. The normalized spacial score (nSPS) is 26.7. The first-order chi connectivity index (χ1) is 25.1. The SMILES string of the molecule is COc1cc(C=C[C@H]2C3=CC[C@@H]4C(=O)N(c5ccccc5)C(=O)[C@@H]4[C@@H]3C[C@H]3C(=O)N(Nc4ccc(F)cc4)C(=O)[C@@]23c2ccc(Cl)cc2)ccc1O. The number of fused-ring (bicyclic) bond motifs is 4. The third-order valence-corrected chi connectivity index (χ3v) is 11.3. The molecule has 0 bridgehead atoms. The second kappa shape index (κ2) is 12.8. The van der Waals surface area contributed by atoms with E-state index in [4.69, 9.17) is 16.3 Å². The zero-order valence-corrected chi connectivity index (χ0v) is 28.7. The lowest BCUT2D eigenvalue weighted by Gasteiger charge is -2.49. The molecule has 2 aliphatic carbocycles. The number of phenols is 1. The molecule has 4 amide bonds. The number of benzene rings is 4. The number of phenolic OH excluding ortho intramolecular Hbond substituents is 1. The fourth-order valence-electron chi connectivity index (χ4n) is 8.74. The third-order valence-electron chi connectivity index (χ3n) is 11.0. The first kappa shape index (κ1) is 33.4. The van der Waals surface area contributed by atoms with Crippen LogP contribution in [0.15, 0.2) is 115 Å². The van der Waals surface area contributed by atoms with E-state index in [-0.39, 0.29) is 36.2 Å². The lowest BCUT2D eigenvalue weighted by Crippen LogP contribution is -2.54. The number of aromatic hydroxyl groups is 1. The van der Waals surface area contributed by atoms with Crippen LogP contribution in [0.4, 0.5) is 15.8 Å². The van der Waals surface area contributed by atoms with Gasteiger partial charge in [0.25, 0.3) is 11.8 Å². The highest BCUT2D eigenvalue weighted by atomic mass is 35.5. The Bertz CT molecular complexity index is 2170. The Morgan fingerprint density at radius 1 is 0.904 bits per heavy atom. The molecule has 2 N–H and O–H groups in total. The number of carbonyl (C=O) groups excluding carboxylic acids is 4. The second-order valence-corrected chi connectivity index (χ2v) is 14.0. The molecule has 2 aliphatic heterocycles. The lowest BCUT2D eigenvalue weighted by atomic mass is 9.50. The number of methoxy groups -OCH3 is 1. The van der Waals surface area contributed by atoms with Gasteiger partial charge in [-0.05, 0) is 90.6 Å². The molecule has 52 heavy (non-hydrogen) atoms. The van der Waals surface area contributed by atoms with E-state index in [2.05, 4.69) is 5.43 Å². The van der Waals surface area contributed by atoms with Crippen molar-refractivity contribution >= 4 is 52.7 Å². The van der Waals surface area contributed by atoms with Crippen molar-refractivity contribution in [3.05, 3.63) is 137 Å². The number of rotatable bonds is 7. The molecule has 3 fully saturated rings. The van der Waals surface area contributed by atoms with Gasteiger partial charge in [0.15, 0.2) is 11.5 Å². The second-order valence-electron chi connectivity index (χ2n) is 13.6. The number of nitrogens with one attached hydrogen (secondary N) is 1. The maximum Gasteiger partial charge on any atom is 0.260 e. The van der Waals surface area contributed by atoms with Crippen LogP contribution in [0.5, 0.6) is 11.5 Å². The van der Waals surface area contributed by atoms with Crippen LogP contribution in [0, 0.1) is 35.4 Å². The Morgan fingerprint density at radius 2 is 1.63 bits per heavy atom. The maximum absolute atomic E-state index is 15.1. The molecule has 4 aromatic rings. The Kier molecular flexibility index (Phi) is 8.22. The van der Waals surface area contributed by atoms with Crippen LogP contribution in [0.3, 0.4) is 0 Å². The van der Waals surface area contributed by atoms with Crippen LogP contribution in [0.1, 0.15) is 24.0 Å². The van der Waals surface area contributed by atoms with Gasteiger partial charge in [-0.3, -0.25) is 29.5 Å². The summed E-state index contributed by atoms with van der Waals surface area (Å²) in [5.74, 6) is -5.55. The first-order valence-electron chi connectivity index (χ1n) is 17.0. The number of hydrazine groups is 1. The number of nitrogens with zero attached hydrogens (tertiary/aromatic N) is 2. The number of carbonyl (C=O) groups is 4. The molecule has 9 nitrogen and oxygen atoms in total. The van der Waals surface area contributed by atoms with Crippen molar-refractivity contribution in [2.24, 2.45) is 29.6 Å². The predicted molar refractivity (Wildman–Crippen MR) is 192 cm³/mol. The van der Waals surface area contributed by atoms with Crippen molar-refractivity contribution < 1.29 is 33.4 Å². The van der Waals surface area contributed by atoms with Crippen LogP contribution < -0.4 is 15.1 Å². The number of amides is 4. The summed E-state index contributed by atoms with van der Waals surface area (Å²) in [5.41, 5.74) is 4.28. The minimum absolute atomic E-state index is 0.0393. The quantitative estimate of drug-likeness (QED) is 0.157. The topological polar surface area (TPSA) is 116 Å². The third kappa shape index (κ3) is 5.11. The smallest absolute Gasteiger partial charge is 0.260 e. The summed E-state index contributed by atoms with van der Waals surface area (Å²) in [6.07, 6.45) is 6.06. The van der Waals surface area contributed by atoms with Crippen LogP contribution in [-0.4, -0.2) is 40.9 Å². The monoisotopic (exact) mass is 717 g/mol. The van der Waals surface area contributed by atoms with Gasteiger partial charge in [0.05, 0.1) is 41.7 Å². The van der Waals surface area contributed by atoms with Gasteiger partial charge in [-0.2, -0.15) is 5.01 Å². The summed E-state index contributed by atoms with van der Waals surface area (Å²) in [6, 6.07) is 25.9. The Labute approximate surface area is 303 Å². The highest BCUT2D eigenvalue weighted by Crippen LogP contribution is 2.61. The number of ether oxygens (including phenoxy) is 1. The van der Waals surface area contributed by atoms with E-state index in [1.165, 1.54) is 42.3 Å². The van der Waals surface area contributed by atoms with Crippen LogP contribution in [-0.2, 0) is 24.6 Å². The Hall–Kier alpha value is -5.74. The first-order valence-corrected chi connectivity index (χ1v) is 17.4. The number of halogens is 2. The molecular weight excluding hydrogens is 685 g/mol. The molecule has 11 heteroatoms. The number of allylic oxidation sites excluding steroid dienone is 3. The van der Waals surface area contributed by atoms with Crippen LogP contribution in [0.2, 0.25) is 5.02 Å². The van der Waals surface area contributed by atoms with Gasteiger partial charge in [0.2, 0.25) is 11.8 Å². The number of anilines is 2. The van der Waals surface area contributed by atoms with Gasteiger partial charge in [-0.1, -0.05) is 71.8 Å². The minimum atomic E-state index is -1.49. The summed E-state index contributed by atoms with van der Waals surface area (Å²) >= 11 is 6.35. The van der Waals surface area contributed by atoms with Gasteiger partial charge in [-0.15, -0.1) is 0 Å². The van der Waals surface area contributed by atoms with Crippen molar-refractivity contribution in [3.63, 3.8) is 0 Å². The molecule has 0 aromatic heterocycles. The van der Waals surface area contributed by atoms with E-state index in [1.807, 2.05) is 24.3 Å². The largest absolute Gasteiger partial charge is 0.504 e. The number of hydrogen-bond acceptors (Lipinski definition) is 7. The minimum Gasteiger partial charge on any atom is -0.504 e. The van der Waals surface area contributed by atoms with E-state index in [0.717, 1.165) is 10.6 Å². The molecular formula is C41H33ClFN3O6. The number of hydrogen-bond donors (Lipinski definition) is 2. The maximum atomic E-state index is 15.1. The van der Waals surface area contributed by atoms with E-state index < -0.39 is 52.6 Å². The molecule has 2 saturated heterocycles. The highest BCUT2D eigenvalue weighted by Gasteiger charge is 2.69. The van der Waals surface area contributed by atoms with Crippen LogP contribution >= 0.6 is 11.6 Å². The summed E-state index contributed by atoms with van der Waals surface area (Å²) in [6.45, 7) is 0. The van der Waals surface area contributed by atoms with Crippen molar-refractivity contribution in [1.29, 1.82) is 0 Å². The van der Waals surface area contributed by atoms with Gasteiger partial charge >= 0.3 is 0 Å². The van der Waals surface area contributed by atoms with Gasteiger partial charge < -0.3 is 9.84 Å². The molecule has 6 atom stereocenters. The Balaban J connectivity index is 1.30. The summed E-state index contributed by atoms with van der Waals surface area (Å²) in [7, 11) is 1.45. The highest BCUT2D eigenvalue weighted by molar-refractivity contribution is 6.30. The zero-order chi connectivity index (χ0) is 36.3. The van der Waals surface area contributed by atoms with Crippen molar-refractivity contribution in [2.45, 2.75) is 18.3 Å². The fraction of sp³-hybridized carbons (Fsp3) is 0.220. The van der Waals surface area contributed by atoms with E-state index in [0.29, 0.717) is 27.5 Å². The molecule has 2 heterocycles. The predicted octanol–water partition coefficient (Wildman–Crippen LogP) is 6.93. The summed E-state index contributed by atoms with van der Waals surface area (Å²) in [5, 5.41) is 11.7. The summed E-state index contributed by atoms with van der Waals surface area (Å²) in [4.78, 5) is 59.3. The average Bonchev–Trinajstić information content (AvgIpc) is 3.53. The molecule has 4 aromatic carbocycles. The van der Waals surface area contributed by atoms with Gasteiger partial charge in [0, 0.05) is 10.9 Å². The standard InChI is InChI=1S/C41H33ClFN3O6/c1-52-35-21-23(8-20-34(35)47)7-19-32-29-17-18-30-36(39(50)45(37(30)48)28-5-3-2-4-6-28)31(29)22-33-38(49)46(44-27-15-13-26(43)14-16-27)40(51)41(32,33)24-9-11-25(42)12-10-24/h2-17,19-21,30-33,36,44,47H,18,22H2,1H3/t30-,31+,32-,33-,36-,41-/m0/s1. The molecule has 0 unspecified atom stereocenters. The van der Waals surface area contributed by atoms with E-state index in [9.17, 15) is 23.9 Å². The molecule has 0 radical (unpaired) electrons. The molecule has 262 valence electrons. The van der Waals surface area contributed by atoms with Gasteiger partial charge in [0.1, 0.15) is 5.82 Å². The van der Waals surface area contributed by atoms with Crippen molar-refractivity contribution in [2.75, 3.05) is 17.4 Å². The molecule has 1 saturated carbocycles. The number of para-hydroxylation sites is 1. The molecule has 8 rings (SSSR count). The zero-order valence-electron chi connectivity index (χ0n) is 27.9. The van der Waals surface area contributed by atoms with Crippen molar-refractivity contribution in [1.82, 2.24) is 5.01 Å². The summed E-state index contributed by atoms with van der Waals surface area (Å²) < 4.78 is 19.2. The van der Waals surface area contributed by atoms with Crippen LogP contribution in [0.25, 0.3) is 6.08 Å².